The first-order chi connectivity index (χ1) is 9.44. The van der Waals surface area contributed by atoms with Crippen LogP contribution in [-0.2, 0) is 0 Å². The van der Waals surface area contributed by atoms with Gasteiger partial charge < -0.3 is 10.6 Å². The van der Waals surface area contributed by atoms with Crippen LogP contribution in [0.4, 0.5) is 5.69 Å². The summed E-state index contributed by atoms with van der Waals surface area (Å²) in [6.07, 6.45) is 2.26. The molecule has 2 rings (SSSR count). The normalized spacial score (nSPS) is 19.5. The molecule has 0 aromatic heterocycles. The predicted molar refractivity (Wildman–Crippen MR) is 84.2 cm³/mol. The molecule has 0 aliphatic heterocycles. The summed E-state index contributed by atoms with van der Waals surface area (Å²) in [4.78, 5) is 12.4. The summed E-state index contributed by atoms with van der Waals surface area (Å²) in [7, 11) is 0. The van der Waals surface area contributed by atoms with E-state index in [0.717, 1.165) is 36.3 Å². The van der Waals surface area contributed by atoms with E-state index in [2.05, 4.69) is 31.4 Å². The molecule has 0 saturated heterocycles. The number of rotatable bonds is 6. The second-order valence-electron chi connectivity index (χ2n) is 6.58. The predicted octanol–water partition coefficient (Wildman–Crippen LogP) is 3.59. The fraction of sp³-hybridized carbons (Fsp3) is 0.588. The molecule has 0 radical (unpaired) electrons. The van der Waals surface area contributed by atoms with Crippen molar-refractivity contribution in [3.05, 3.63) is 29.3 Å². The Hall–Kier alpha value is -1.51. The smallest absolute Gasteiger partial charge is 0.253 e. The summed E-state index contributed by atoms with van der Waals surface area (Å²) in [5.74, 6) is 0.665. The lowest BCUT2D eigenvalue weighted by Gasteiger charge is -2.13. The van der Waals surface area contributed by atoms with E-state index in [1.807, 2.05) is 25.1 Å². The molecule has 20 heavy (non-hydrogen) atoms. The van der Waals surface area contributed by atoms with Crippen LogP contribution in [0.5, 0.6) is 0 Å². The summed E-state index contributed by atoms with van der Waals surface area (Å²) in [6.45, 7) is 10.3. The van der Waals surface area contributed by atoms with Crippen molar-refractivity contribution in [1.82, 2.24) is 5.32 Å². The number of nitrogens with one attached hydrogen (secondary N) is 2. The third-order valence-corrected chi connectivity index (χ3v) is 4.21. The van der Waals surface area contributed by atoms with Gasteiger partial charge in [0.2, 0.25) is 0 Å². The molecule has 1 amide bonds. The number of aryl methyl sites for hydroxylation is 1. The lowest BCUT2D eigenvalue weighted by Crippen LogP contribution is -2.27. The van der Waals surface area contributed by atoms with E-state index in [0.29, 0.717) is 11.3 Å². The summed E-state index contributed by atoms with van der Waals surface area (Å²) in [5.41, 5.74) is 3.22. The van der Waals surface area contributed by atoms with Crippen molar-refractivity contribution in [2.24, 2.45) is 11.3 Å². The summed E-state index contributed by atoms with van der Waals surface area (Å²) in [6, 6.07) is 6.01. The van der Waals surface area contributed by atoms with E-state index in [1.54, 1.807) is 0 Å². The fourth-order valence-corrected chi connectivity index (χ4v) is 2.50. The van der Waals surface area contributed by atoms with Gasteiger partial charge in [0.15, 0.2) is 0 Å². The Morgan fingerprint density at radius 3 is 2.70 bits per heavy atom. The fourth-order valence-electron chi connectivity index (χ4n) is 2.50. The maximum Gasteiger partial charge on any atom is 0.253 e. The summed E-state index contributed by atoms with van der Waals surface area (Å²) in [5, 5.41) is 6.41. The van der Waals surface area contributed by atoms with Crippen LogP contribution < -0.4 is 10.6 Å². The van der Waals surface area contributed by atoms with E-state index in [-0.39, 0.29) is 5.91 Å². The largest absolute Gasteiger partial charge is 0.384 e. The molecule has 1 aromatic carbocycles. The Morgan fingerprint density at radius 1 is 1.40 bits per heavy atom. The van der Waals surface area contributed by atoms with Gasteiger partial charge >= 0.3 is 0 Å². The molecule has 3 heteroatoms. The maximum atomic E-state index is 12.4. The van der Waals surface area contributed by atoms with Crippen molar-refractivity contribution in [3.63, 3.8) is 0 Å². The second kappa shape index (κ2) is 5.86. The van der Waals surface area contributed by atoms with Crippen LogP contribution >= 0.6 is 0 Å². The van der Waals surface area contributed by atoms with Crippen molar-refractivity contribution in [2.75, 3.05) is 18.4 Å². The van der Waals surface area contributed by atoms with Crippen molar-refractivity contribution < 1.29 is 4.79 Å². The number of benzene rings is 1. The van der Waals surface area contributed by atoms with E-state index in [1.165, 1.54) is 6.42 Å². The van der Waals surface area contributed by atoms with Crippen molar-refractivity contribution >= 4 is 11.6 Å². The van der Waals surface area contributed by atoms with Crippen LogP contribution in [0, 0.1) is 18.3 Å². The zero-order valence-electron chi connectivity index (χ0n) is 13.0. The molecule has 1 aliphatic rings. The van der Waals surface area contributed by atoms with Crippen LogP contribution in [-0.4, -0.2) is 19.0 Å². The second-order valence-corrected chi connectivity index (χ2v) is 6.58. The molecule has 1 unspecified atom stereocenters. The van der Waals surface area contributed by atoms with E-state index in [4.69, 9.17) is 0 Å². The topological polar surface area (TPSA) is 41.1 Å². The Labute approximate surface area is 122 Å². The van der Waals surface area contributed by atoms with Gasteiger partial charge in [-0.1, -0.05) is 32.4 Å². The Kier molecular flexibility index (Phi) is 4.36. The van der Waals surface area contributed by atoms with Gasteiger partial charge in [-0.3, -0.25) is 4.79 Å². The average Bonchev–Trinajstić information content (AvgIpc) is 3.02. The zero-order valence-corrected chi connectivity index (χ0v) is 13.0. The number of carbonyl (C=O) groups excluding carboxylic acids is 1. The summed E-state index contributed by atoms with van der Waals surface area (Å²) < 4.78 is 0. The molecule has 1 atom stereocenters. The molecule has 1 aliphatic carbocycles. The molecule has 1 fully saturated rings. The van der Waals surface area contributed by atoms with E-state index >= 15 is 0 Å². The highest BCUT2D eigenvalue weighted by Crippen LogP contribution is 2.51. The van der Waals surface area contributed by atoms with Gasteiger partial charge in [-0.2, -0.15) is 0 Å². The number of hydrogen-bond donors (Lipinski definition) is 2. The number of hydrogen-bond acceptors (Lipinski definition) is 2. The van der Waals surface area contributed by atoms with Gasteiger partial charge in [0.1, 0.15) is 0 Å². The SMILES string of the molecule is CCCNc1ccc(C)cc1C(=O)NCC1CC1(C)C. The molecule has 0 bridgehead atoms. The molecule has 3 nitrogen and oxygen atoms in total. The lowest BCUT2D eigenvalue weighted by atomic mass is 10.1. The van der Waals surface area contributed by atoms with Crippen LogP contribution in [0.3, 0.4) is 0 Å². The first-order valence-electron chi connectivity index (χ1n) is 7.57. The monoisotopic (exact) mass is 274 g/mol. The van der Waals surface area contributed by atoms with Crippen LogP contribution in [0.15, 0.2) is 18.2 Å². The highest BCUT2D eigenvalue weighted by Gasteiger charge is 2.45. The molecular weight excluding hydrogens is 248 g/mol. The zero-order chi connectivity index (χ0) is 14.8. The Balaban J connectivity index is 2.02. The molecule has 110 valence electrons. The van der Waals surface area contributed by atoms with Crippen LogP contribution in [0.25, 0.3) is 0 Å². The Morgan fingerprint density at radius 2 is 2.10 bits per heavy atom. The first kappa shape index (κ1) is 14.9. The van der Waals surface area contributed by atoms with E-state index < -0.39 is 0 Å². The van der Waals surface area contributed by atoms with Crippen molar-refractivity contribution in [1.29, 1.82) is 0 Å². The van der Waals surface area contributed by atoms with Crippen LogP contribution in [0.2, 0.25) is 0 Å². The van der Waals surface area contributed by atoms with Gasteiger partial charge in [-0.05, 0) is 43.2 Å². The third kappa shape index (κ3) is 3.53. The van der Waals surface area contributed by atoms with Gasteiger partial charge in [0, 0.05) is 18.8 Å². The van der Waals surface area contributed by atoms with Gasteiger partial charge in [-0.25, -0.2) is 0 Å². The number of anilines is 1. The summed E-state index contributed by atoms with van der Waals surface area (Å²) >= 11 is 0. The highest BCUT2D eigenvalue weighted by atomic mass is 16.1. The molecule has 0 heterocycles. The number of amides is 1. The number of carbonyl (C=O) groups is 1. The highest BCUT2D eigenvalue weighted by molar-refractivity contribution is 5.99. The Bertz CT molecular complexity index is 494. The minimum absolute atomic E-state index is 0.0370. The molecule has 1 aromatic rings. The van der Waals surface area contributed by atoms with Gasteiger partial charge in [0.05, 0.1) is 5.56 Å². The van der Waals surface area contributed by atoms with E-state index in [9.17, 15) is 4.79 Å². The molecule has 1 saturated carbocycles. The average molecular weight is 274 g/mol. The maximum absolute atomic E-state index is 12.4. The van der Waals surface area contributed by atoms with Crippen molar-refractivity contribution in [3.8, 4) is 0 Å². The molecule has 0 spiro atoms. The van der Waals surface area contributed by atoms with Gasteiger partial charge in [0.25, 0.3) is 5.91 Å². The molecular formula is C17H26N2O. The minimum atomic E-state index is 0.0370. The third-order valence-electron chi connectivity index (χ3n) is 4.21. The van der Waals surface area contributed by atoms with Crippen LogP contribution in [0.1, 0.15) is 49.5 Å². The molecule has 2 N–H and O–H groups in total. The standard InChI is InChI=1S/C17H26N2O/c1-5-8-18-15-7-6-12(2)9-14(15)16(20)19-11-13-10-17(13,3)4/h6-7,9,13,18H,5,8,10-11H2,1-4H3,(H,19,20). The van der Waals surface area contributed by atoms with Gasteiger partial charge in [-0.15, -0.1) is 0 Å². The minimum Gasteiger partial charge on any atom is -0.384 e. The lowest BCUT2D eigenvalue weighted by molar-refractivity contribution is 0.0951. The first-order valence-corrected chi connectivity index (χ1v) is 7.57. The van der Waals surface area contributed by atoms with Crippen molar-refractivity contribution in [2.45, 2.75) is 40.5 Å². The quantitative estimate of drug-likeness (QED) is 0.832.